The first-order valence-electron chi connectivity index (χ1n) is 10.1. The fourth-order valence-corrected chi connectivity index (χ4v) is 4.31. The molecule has 6 nitrogen and oxygen atoms in total. The van der Waals surface area contributed by atoms with Gasteiger partial charge in [0, 0.05) is 20.1 Å². The molecule has 9 heteroatoms. The molecule has 1 N–H and O–H groups in total. The molecule has 172 valence electrons. The molecule has 0 radical (unpaired) electrons. The van der Waals surface area contributed by atoms with Crippen molar-refractivity contribution in [1.29, 1.82) is 0 Å². The molecule has 0 saturated carbocycles. The standard InChI is InChI=1S/C25H17BrCl2N2O4/c1-14-10-17(26)5-9-22(14)30-24(32)20(23(31)29-25(30)33)11-15-2-7-19(8-3-15)34-13-16-4-6-18(27)12-21(16)28/h2-12H,13H2,1H3,(H,29,31,33)/b20-11-. The summed E-state index contributed by atoms with van der Waals surface area (Å²) in [5.74, 6) is -0.870. The lowest BCUT2D eigenvalue weighted by Crippen LogP contribution is -2.54. The summed E-state index contributed by atoms with van der Waals surface area (Å²) >= 11 is 15.4. The van der Waals surface area contributed by atoms with Gasteiger partial charge in [-0.05, 0) is 66.6 Å². The summed E-state index contributed by atoms with van der Waals surface area (Å²) in [5.41, 5.74) is 2.33. The van der Waals surface area contributed by atoms with E-state index in [4.69, 9.17) is 27.9 Å². The highest BCUT2D eigenvalue weighted by Gasteiger charge is 2.37. The molecule has 4 rings (SSSR count). The maximum absolute atomic E-state index is 13.1. The second-order valence-corrected chi connectivity index (χ2v) is 9.24. The lowest BCUT2D eigenvalue weighted by Gasteiger charge is -2.27. The van der Waals surface area contributed by atoms with Crippen molar-refractivity contribution >= 4 is 68.7 Å². The first kappa shape index (κ1) is 24.0. The number of nitrogens with one attached hydrogen (secondary N) is 1. The maximum atomic E-state index is 13.1. The largest absolute Gasteiger partial charge is 0.489 e. The highest BCUT2D eigenvalue weighted by atomic mass is 79.9. The van der Waals surface area contributed by atoms with Gasteiger partial charge in [-0.15, -0.1) is 0 Å². The molecule has 1 aliphatic rings. The number of ether oxygens (including phenoxy) is 1. The summed E-state index contributed by atoms with van der Waals surface area (Å²) in [6, 6.07) is 16.4. The number of hydrogen-bond acceptors (Lipinski definition) is 4. The molecule has 0 aliphatic carbocycles. The Hall–Kier alpha value is -3.13. The van der Waals surface area contributed by atoms with Crippen LogP contribution in [0.5, 0.6) is 5.75 Å². The molecule has 34 heavy (non-hydrogen) atoms. The Morgan fingerprint density at radius 3 is 2.41 bits per heavy atom. The second kappa shape index (κ2) is 10.0. The Morgan fingerprint density at radius 2 is 1.74 bits per heavy atom. The van der Waals surface area contributed by atoms with Gasteiger partial charge < -0.3 is 4.74 Å². The zero-order valence-corrected chi connectivity index (χ0v) is 20.9. The fourth-order valence-electron chi connectivity index (χ4n) is 3.37. The van der Waals surface area contributed by atoms with Crippen molar-refractivity contribution in [3.63, 3.8) is 0 Å². The van der Waals surface area contributed by atoms with Crippen LogP contribution in [0.2, 0.25) is 10.0 Å². The van der Waals surface area contributed by atoms with Crippen LogP contribution in [-0.2, 0) is 16.2 Å². The lowest BCUT2D eigenvalue weighted by molar-refractivity contribution is -0.122. The monoisotopic (exact) mass is 558 g/mol. The number of anilines is 1. The number of halogens is 3. The van der Waals surface area contributed by atoms with Gasteiger partial charge in [-0.25, -0.2) is 9.69 Å². The maximum Gasteiger partial charge on any atom is 0.335 e. The number of hydrogen-bond donors (Lipinski definition) is 1. The molecule has 4 amide bonds. The highest BCUT2D eigenvalue weighted by molar-refractivity contribution is 9.10. The zero-order chi connectivity index (χ0) is 24.4. The number of imide groups is 2. The quantitative estimate of drug-likeness (QED) is 0.293. The van der Waals surface area contributed by atoms with Gasteiger partial charge in [-0.2, -0.15) is 0 Å². The summed E-state index contributed by atoms with van der Waals surface area (Å²) in [7, 11) is 0. The lowest BCUT2D eigenvalue weighted by atomic mass is 10.1. The van der Waals surface area contributed by atoms with Crippen LogP contribution in [0.15, 0.2) is 70.7 Å². The molecule has 0 spiro atoms. The Morgan fingerprint density at radius 1 is 1.00 bits per heavy atom. The Balaban J connectivity index is 1.53. The van der Waals surface area contributed by atoms with E-state index in [0.717, 1.165) is 14.9 Å². The van der Waals surface area contributed by atoms with E-state index in [9.17, 15) is 14.4 Å². The van der Waals surface area contributed by atoms with Crippen LogP contribution < -0.4 is 15.0 Å². The van der Waals surface area contributed by atoms with Gasteiger partial charge in [0.2, 0.25) is 0 Å². The minimum absolute atomic E-state index is 0.150. The van der Waals surface area contributed by atoms with Crippen LogP contribution in [0.25, 0.3) is 6.08 Å². The first-order chi connectivity index (χ1) is 16.2. The molecule has 1 heterocycles. The van der Waals surface area contributed by atoms with Crippen LogP contribution in [0, 0.1) is 6.92 Å². The normalized spacial score (nSPS) is 15.0. The number of nitrogens with zero attached hydrogens (tertiary/aromatic N) is 1. The first-order valence-corrected chi connectivity index (χ1v) is 11.6. The summed E-state index contributed by atoms with van der Waals surface area (Å²) in [6.45, 7) is 2.03. The van der Waals surface area contributed by atoms with Gasteiger partial charge in [-0.3, -0.25) is 14.9 Å². The minimum Gasteiger partial charge on any atom is -0.489 e. The summed E-state index contributed by atoms with van der Waals surface area (Å²) < 4.78 is 6.57. The molecule has 0 atom stereocenters. The van der Waals surface area contributed by atoms with Crippen LogP contribution in [0.1, 0.15) is 16.7 Å². The van der Waals surface area contributed by atoms with Crippen LogP contribution in [0.3, 0.4) is 0 Å². The van der Waals surface area contributed by atoms with Crippen LogP contribution in [0.4, 0.5) is 10.5 Å². The average Bonchev–Trinajstić information content (AvgIpc) is 2.78. The summed E-state index contributed by atoms with van der Waals surface area (Å²) in [6.07, 6.45) is 1.44. The van der Waals surface area contributed by atoms with Crippen molar-refractivity contribution in [2.45, 2.75) is 13.5 Å². The predicted octanol–water partition coefficient (Wildman–Crippen LogP) is 6.31. The minimum atomic E-state index is -0.790. The van der Waals surface area contributed by atoms with Gasteiger partial charge in [0.25, 0.3) is 11.8 Å². The van der Waals surface area contributed by atoms with Crippen LogP contribution >= 0.6 is 39.1 Å². The SMILES string of the molecule is Cc1cc(Br)ccc1N1C(=O)NC(=O)/C(=C/c2ccc(OCc3ccc(Cl)cc3Cl)cc2)C1=O. The van der Waals surface area contributed by atoms with E-state index in [-0.39, 0.29) is 12.2 Å². The van der Waals surface area contributed by atoms with Gasteiger partial charge in [0.05, 0.1) is 5.69 Å². The van der Waals surface area contributed by atoms with E-state index in [2.05, 4.69) is 21.2 Å². The van der Waals surface area contributed by atoms with Crippen molar-refractivity contribution in [2.75, 3.05) is 4.90 Å². The molecule has 1 aliphatic heterocycles. The molecule has 3 aromatic rings. The van der Waals surface area contributed by atoms with Crippen LogP contribution in [-0.4, -0.2) is 17.8 Å². The van der Waals surface area contributed by atoms with E-state index in [1.165, 1.54) is 6.08 Å². The van der Waals surface area contributed by atoms with E-state index in [1.54, 1.807) is 67.6 Å². The van der Waals surface area contributed by atoms with Crippen molar-refractivity contribution < 1.29 is 19.1 Å². The van der Waals surface area contributed by atoms with E-state index in [1.807, 2.05) is 0 Å². The van der Waals surface area contributed by atoms with Crippen molar-refractivity contribution in [3.8, 4) is 5.75 Å². The number of amides is 4. The third-order valence-corrected chi connectivity index (χ3v) is 6.18. The number of carbonyl (C=O) groups excluding carboxylic acids is 3. The van der Waals surface area contributed by atoms with Gasteiger partial charge in [-0.1, -0.05) is 57.3 Å². The van der Waals surface area contributed by atoms with Gasteiger partial charge in [0.1, 0.15) is 17.9 Å². The molecule has 3 aromatic carbocycles. The molecule has 0 unspecified atom stereocenters. The van der Waals surface area contributed by atoms with E-state index in [0.29, 0.717) is 32.6 Å². The number of urea groups is 1. The second-order valence-electron chi connectivity index (χ2n) is 7.48. The van der Waals surface area contributed by atoms with E-state index >= 15 is 0 Å². The topological polar surface area (TPSA) is 75.7 Å². The Labute approximate surface area is 214 Å². The summed E-state index contributed by atoms with van der Waals surface area (Å²) in [5, 5.41) is 3.28. The zero-order valence-electron chi connectivity index (χ0n) is 17.8. The molecule has 0 aromatic heterocycles. The van der Waals surface area contributed by atoms with E-state index < -0.39 is 17.8 Å². The molecule has 1 saturated heterocycles. The fraction of sp³-hybridized carbons (Fsp3) is 0.0800. The Kier molecular flexibility index (Phi) is 7.07. The van der Waals surface area contributed by atoms with Crippen molar-refractivity contribution in [3.05, 3.63) is 97.4 Å². The number of rotatable bonds is 5. The number of barbiturate groups is 1. The molecular weight excluding hydrogens is 543 g/mol. The van der Waals surface area contributed by atoms with Crippen molar-refractivity contribution in [2.24, 2.45) is 0 Å². The van der Waals surface area contributed by atoms with Gasteiger partial charge >= 0.3 is 6.03 Å². The molecule has 0 bridgehead atoms. The number of benzene rings is 3. The average molecular weight is 560 g/mol. The molecular formula is C25H17BrCl2N2O4. The predicted molar refractivity (Wildman–Crippen MR) is 135 cm³/mol. The third kappa shape index (κ3) is 5.17. The highest BCUT2D eigenvalue weighted by Crippen LogP contribution is 2.28. The molecule has 1 fully saturated rings. The summed E-state index contributed by atoms with van der Waals surface area (Å²) in [4.78, 5) is 38.9. The smallest absolute Gasteiger partial charge is 0.335 e. The van der Waals surface area contributed by atoms with Gasteiger partial charge in [0.15, 0.2) is 0 Å². The Bertz CT molecular complexity index is 1340. The number of carbonyl (C=O) groups is 3. The number of aryl methyl sites for hydroxylation is 1. The van der Waals surface area contributed by atoms with Crippen molar-refractivity contribution in [1.82, 2.24) is 5.32 Å². The third-order valence-electron chi connectivity index (χ3n) is 5.10.